The highest BCUT2D eigenvalue weighted by Gasteiger charge is 2.66. The molecule has 4 saturated carbocycles. The van der Waals surface area contributed by atoms with Crippen LogP contribution in [-0.2, 0) is 19.1 Å². The first kappa shape index (κ1) is 20.1. The van der Waals surface area contributed by atoms with Gasteiger partial charge in [0, 0.05) is 24.7 Å². The van der Waals surface area contributed by atoms with Gasteiger partial charge in [-0.05, 0) is 80.5 Å². The molecule has 4 aliphatic rings. The van der Waals surface area contributed by atoms with E-state index in [0.717, 1.165) is 44.9 Å². The van der Waals surface area contributed by atoms with Gasteiger partial charge in [0.05, 0.1) is 0 Å². The average molecular weight is 389 g/mol. The quantitative estimate of drug-likeness (QED) is 0.641. The van der Waals surface area contributed by atoms with Crippen LogP contribution in [0.1, 0.15) is 86.0 Å². The van der Waals surface area contributed by atoms with Gasteiger partial charge in [-0.15, -0.1) is 0 Å². The molecule has 0 amide bonds. The summed E-state index contributed by atoms with van der Waals surface area (Å²) in [7, 11) is 0. The van der Waals surface area contributed by atoms with E-state index in [4.69, 9.17) is 4.74 Å². The van der Waals surface area contributed by atoms with E-state index in [-0.39, 0.29) is 34.6 Å². The minimum Gasteiger partial charge on any atom is -0.463 e. The van der Waals surface area contributed by atoms with Crippen LogP contribution in [-0.4, -0.2) is 23.6 Å². The molecule has 28 heavy (non-hydrogen) atoms. The van der Waals surface area contributed by atoms with E-state index in [1.165, 1.54) is 6.92 Å². The summed E-state index contributed by atoms with van der Waals surface area (Å²) in [4.78, 5) is 37.2. The van der Waals surface area contributed by atoms with Crippen LogP contribution in [0.3, 0.4) is 0 Å². The normalized spacial score (nSPS) is 50.3. The van der Waals surface area contributed by atoms with Crippen LogP contribution in [0.15, 0.2) is 0 Å². The van der Waals surface area contributed by atoms with Gasteiger partial charge in [0.25, 0.3) is 0 Å². The van der Waals surface area contributed by atoms with Crippen molar-refractivity contribution in [3.63, 3.8) is 0 Å². The summed E-state index contributed by atoms with van der Waals surface area (Å²) < 4.78 is 5.59. The fraction of sp³-hybridized carbons (Fsp3) is 0.875. The van der Waals surface area contributed by atoms with Crippen molar-refractivity contribution in [3.05, 3.63) is 0 Å². The summed E-state index contributed by atoms with van der Waals surface area (Å²) in [5.41, 5.74) is -0.219. The minimum atomic E-state index is -0.438. The number of hydrogen-bond acceptors (Lipinski definition) is 4. The molecule has 0 aromatic carbocycles. The molecule has 0 aromatic heterocycles. The molecule has 0 saturated heterocycles. The van der Waals surface area contributed by atoms with Crippen LogP contribution < -0.4 is 0 Å². The second-order valence-electron chi connectivity index (χ2n) is 11.0. The zero-order valence-corrected chi connectivity index (χ0v) is 18.2. The maximum atomic E-state index is 13.5. The Hall–Kier alpha value is -1.19. The molecule has 0 heterocycles. The molecule has 0 unspecified atom stereocenters. The number of fused-ring (bicyclic) bond motifs is 5. The highest BCUT2D eigenvalue weighted by atomic mass is 16.5. The summed E-state index contributed by atoms with van der Waals surface area (Å²) in [5, 5.41) is 0. The van der Waals surface area contributed by atoms with E-state index in [9.17, 15) is 14.4 Å². The Kier molecular flexibility index (Phi) is 4.60. The molecular weight excluding hydrogens is 352 g/mol. The molecule has 0 bridgehead atoms. The Labute approximate surface area is 169 Å². The van der Waals surface area contributed by atoms with E-state index >= 15 is 0 Å². The Bertz CT molecular complexity index is 713. The predicted octanol–water partition coefficient (Wildman–Crippen LogP) is 4.74. The Morgan fingerprint density at radius 2 is 1.68 bits per heavy atom. The highest BCUT2D eigenvalue weighted by Crippen LogP contribution is 2.70. The van der Waals surface area contributed by atoms with Gasteiger partial charge in [0.15, 0.2) is 0 Å². The lowest BCUT2D eigenvalue weighted by molar-refractivity contribution is -0.185. The van der Waals surface area contributed by atoms with E-state index in [0.29, 0.717) is 30.0 Å². The Morgan fingerprint density at radius 3 is 2.32 bits per heavy atom. The van der Waals surface area contributed by atoms with Crippen LogP contribution in [0.5, 0.6) is 0 Å². The summed E-state index contributed by atoms with van der Waals surface area (Å²) in [6, 6.07) is 0. The van der Waals surface area contributed by atoms with E-state index in [2.05, 4.69) is 20.8 Å². The second-order valence-corrected chi connectivity index (χ2v) is 11.0. The molecule has 0 aromatic rings. The molecule has 0 radical (unpaired) electrons. The lowest BCUT2D eigenvalue weighted by atomic mass is 9.40. The standard InChI is InChI=1S/C24H36O4/c1-14(25)18-6-7-19-17-9-10-22(3)13-16(28-15(2)26)8-11-23(22,4)20(17)12-21(27)24(18,19)5/h16-20H,6-13H2,1-5H3/t16-,17-,18+,19-,20-,22+,23-,24-/m1/s1. The van der Waals surface area contributed by atoms with Crippen molar-refractivity contribution in [2.24, 2.45) is 39.9 Å². The SMILES string of the molecule is CC(=O)O[C@@H]1CC[C@]2(C)[C@@H]3CC(=O)[C@@]4(C)[C@H](CC[C@H]4C(C)=O)[C@H]3CC[C@@]2(C)C1. The van der Waals surface area contributed by atoms with Crippen molar-refractivity contribution in [2.45, 2.75) is 92.1 Å². The zero-order chi connectivity index (χ0) is 20.5. The van der Waals surface area contributed by atoms with Crippen molar-refractivity contribution in [1.29, 1.82) is 0 Å². The van der Waals surface area contributed by atoms with Gasteiger partial charge >= 0.3 is 5.97 Å². The molecule has 0 aliphatic heterocycles. The molecule has 4 rings (SSSR count). The third-order valence-electron chi connectivity index (χ3n) is 10.0. The van der Waals surface area contributed by atoms with Crippen LogP contribution in [0.2, 0.25) is 0 Å². The van der Waals surface area contributed by atoms with Crippen LogP contribution in [0, 0.1) is 39.9 Å². The van der Waals surface area contributed by atoms with Crippen molar-refractivity contribution in [2.75, 3.05) is 0 Å². The second kappa shape index (κ2) is 6.40. The van der Waals surface area contributed by atoms with E-state index in [1.54, 1.807) is 6.92 Å². The van der Waals surface area contributed by atoms with Gasteiger partial charge in [0.2, 0.25) is 0 Å². The van der Waals surface area contributed by atoms with Crippen molar-refractivity contribution >= 4 is 17.5 Å². The van der Waals surface area contributed by atoms with Gasteiger partial charge in [-0.2, -0.15) is 0 Å². The fourth-order valence-corrected chi connectivity index (χ4v) is 8.28. The maximum Gasteiger partial charge on any atom is 0.302 e. The van der Waals surface area contributed by atoms with Crippen molar-refractivity contribution in [1.82, 2.24) is 0 Å². The lowest BCUT2D eigenvalue weighted by Gasteiger charge is -2.64. The van der Waals surface area contributed by atoms with Gasteiger partial charge in [-0.1, -0.05) is 20.8 Å². The van der Waals surface area contributed by atoms with Crippen molar-refractivity contribution < 1.29 is 19.1 Å². The number of carbonyl (C=O) groups excluding carboxylic acids is 3. The summed E-state index contributed by atoms with van der Waals surface area (Å²) in [6.45, 7) is 10.0. The molecule has 4 heteroatoms. The number of ketones is 2. The smallest absolute Gasteiger partial charge is 0.302 e. The minimum absolute atomic E-state index is 0.0188. The summed E-state index contributed by atoms with van der Waals surface area (Å²) >= 11 is 0. The summed E-state index contributed by atoms with van der Waals surface area (Å²) in [6.07, 6.45) is 7.67. The maximum absolute atomic E-state index is 13.5. The summed E-state index contributed by atoms with van der Waals surface area (Å²) in [5.74, 6) is 1.59. The van der Waals surface area contributed by atoms with Gasteiger partial charge in [0.1, 0.15) is 17.7 Å². The molecule has 8 atom stereocenters. The first-order valence-electron chi connectivity index (χ1n) is 11.2. The molecule has 4 nitrogen and oxygen atoms in total. The number of rotatable bonds is 2. The first-order valence-corrected chi connectivity index (χ1v) is 11.2. The van der Waals surface area contributed by atoms with Gasteiger partial charge < -0.3 is 4.74 Å². The number of Topliss-reactive ketones (excluding diaryl/α,β-unsaturated/α-hetero) is 2. The zero-order valence-electron chi connectivity index (χ0n) is 18.2. The van der Waals surface area contributed by atoms with E-state index < -0.39 is 5.41 Å². The van der Waals surface area contributed by atoms with Gasteiger partial charge in [-0.3, -0.25) is 14.4 Å². The number of carbonyl (C=O) groups is 3. The highest BCUT2D eigenvalue weighted by molar-refractivity contribution is 5.93. The Balaban J connectivity index is 1.64. The topological polar surface area (TPSA) is 60.4 Å². The number of hydrogen-bond donors (Lipinski definition) is 0. The average Bonchev–Trinajstić information content (AvgIpc) is 2.95. The van der Waals surface area contributed by atoms with Crippen LogP contribution >= 0.6 is 0 Å². The van der Waals surface area contributed by atoms with Gasteiger partial charge in [-0.25, -0.2) is 0 Å². The molecule has 4 fully saturated rings. The molecule has 4 aliphatic carbocycles. The largest absolute Gasteiger partial charge is 0.463 e. The fourth-order valence-electron chi connectivity index (χ4n) is 8.28. The Morgan fingerprint density at radius 1 is 0.964 bits per heavy atom. The molecular formula is C24H36O4. The monoisotopic (exact) mass is 388 g/mol. The van der Waals surface area contributed by atoms with E-state index in [1.807, 2.05) is 0 Å². The lowest BCUT2D eigenvalue weighted by Crippen LogP contribution is -2.60. The predicted molar refractivity (Wildman–Crippen MR) is 106 cm³/mol. The van der Waals surface area contributed by atoms with Crippen molar-refractivity contribution in [3.8, 4) is 0 Å². The molecule has 156 valence electrons. The first-order chi connectivity index (χ1) is 13.0. The number of ether oxygens (including phenoxy) is 1. The third-order valence-corrected chi connectivity index (χ3v) is 10.0. The molecule has 0 spiro atoms. The molecule has 0 N–H and O–H groups in total. The third kappa shape index (κ3) is 2.58. The van der Waals surface area contributed by atoms with Crippen LogP contribution in [0.4, 0.5) is 0 Å². The number of esters is 1. The van der Waals surface area contributed by atoms with Crippen LogP contribution in [0.25, 0.3) is 0 Å².